The summed E-state index contributed by atoms with van der Waals surface area (Å²) in [6.45, 7) is 7.36. The third-order valence-electron chi connectivity index (χ3n) is 4.15. The lowest BCUT2D eigenvalue weighted by atomic mass is 10.0. The predicted octanol–water partition coefficient (Wildman–Crippen LogP) is 4.91. The predicted molar refractivity (Wildman–Crippen MR) is 113 cm³/mol. The number of ether oxygens (including phenoxy) is 3. The molecule has 1 saturated carbocycles. The van der Waals surface area contributed by atoms with Crippen LogP contribution in [-0.2, 0) is 20.8 Å². The summed E-state index contributed by atoms with van der Waals surface area (Å²) in [4.78, 5) is 14.5. The van der Waals surface area contributed by atoms with Gasteiger partial charge in [-0.2, -0.15) is 0 Å². The molecule has 0 aliphatic heterocycles. The van der Waals surface area contributed by atoms with E-state index in [2.05, 4.69) is 18.2 Å². The minimum atomic E-state index is -0.497. The van der Waals surface area contributed by atoms with Gasteiger partial charge in [-0.3, -0.25) is 0 Å². The van der Waals surface area contributed by atoms with Crippen LogP contribution in [0.1, 0.15) is 50.3 Å². The minimum absolute atomic E-state index is 0.244. The highest BCUT2D eigenvalue weighted by atomic mass is 16.6. The first-order valence-electron chi connectivity index (χ1n) is 9.77. The molecular weight excluding hydrogens is 354 g/mol. The van der Waals surface area contributed by atoms with E-state index in [4.69, 9.17) is 14.2 Å². The van der Waals surface area contributed by atoms with E-state index in [0.717, 1.165) is 29.5 Å². The number of nitrogens with zero attached hydrogens (tertiary/aromatic N) is 1. The summed E-state index contributed by atoms with van der Waals surface area (Å²) < 4.78 is 15.8. The van der Waals surface area contributed by atoms with Crippen LogP contribution in [0.15, 0.2) is 30.4 Å². The second kappa shape index (κ2) is 10.4. The average Bonchev–Trinajstić information content (AvgIpc) is 3.43. The normalized spacial score (nSPS) is 14.8. The van der Waals surface area contributed by atoms with Crippen LogP contribution in [0.5, 0.6) is 0 Å². The number of rotatable bonds is 9. The number of amides is 1. The van der Waals surface area contributed by atoms with Crippen molar-refractivity contribution in [1.82, 2.24) is 4.90 Å². The van der Waals surface area contributed by atoms with Crippen molar-refractivity contribution in [3.8, 4) is 0 Å². The van der Waals surface area contributed by atoms with Gasteiger partial charge in [0.2, 0.25) is 0 Å². The summed E-state index contributed by atoms with van der Waals surface area (Å²) in [5, 5.41) is 0. The van der Waals surface area contributed by atoms with Crippen LogP contribution < -0.4 is 0 Å². The molecule has 0 unspecified atom stereocenters. The second-order valence-corrected chi connectivity index (χ2v) is 8.06. The van der Waals surface area contributed by atoms with Crippen molar-refractivity contribution in [2.24, 2.45) is 0 Å². The number of carbonyl (C=O) groups excluding carboxylic acids is 1. The Morgan fingerprint density at radius 3 is 2.00 bits per heavy atom. The maximum absolute atomic E-state index is 12.7. The molecule has 154 valence electrons. The molecule has 1 fully saturated rings. The maximum atomic E-state index is 12.7. The Bertz CT molecular complexity index is 665. The molecule has 5 nitrogen and oxygen atoms in total. The number of benzene rings is 1. The molecule has 0 radical (unpaired) electrons. The second-order valence-electron chi connectivity index (χ2n) is 8.06. The largest absolute Gasteiger partial charge is 0.444 e. The van der Waals surface area contributed by atoms with E-state index in [9.17, 15) is 4.79 Å². The Hall–Kier alpha value is -2.11. The van der Waals surface area contributed by atoms with Gasteiger partial charge in [-0.05, 0) is 68.5 Å². The fourth-order valence-electron chi connectivity index (χ4n) is 2.84. The van der Waals surface area contributed by atoms with Gasteiger partial charge in [-0.1, -0.05) is 24.3 Å². The first-order valence-corrected chi connectivity index (χ1v) is 9.77. The topological polar surface area (TPSA) is 48.0 Å². The molecule has 5 heteroatoms. The summed E-state index contributed by atoms with van der Waals surface area (Å²) in [5.74, 6) is 0. The van der Waals surface area contributed by atoms with Crippen molar-refractivity contribution in [1.29, 1.82) is 0 Å². The number of methoxy groups -OCH3 is 2. The molecule has 0 saturated heterocycles. The number of carbonyl (C=O) groups is 1. The van der Waals surface area contributed by atoms with Crippen molar-refractivity contribution in [3.05, 3.63) is 47.0 Å². The highest BCUT2D eigenvalue weighted by Gasteiger charge is 2.35. The summed E-state index contributed by atoms with van der Waals surface area (Å²) in [6.07, 6.45) is 9.86. The standard InChI is InChI=1S/C23H33NO4/c1-23(2,3)28-22(25)24(21-10-11-21)17-20-15-18(8-6-12-26-4)14-19(16-20)9-7-13-27-5/h6-9,14-16,21H,10-13,17H2,1-5H3/b8-6+,9-7?. The molecule has 1 amide bonds. The molecule has 1 aliphatic rings. The van der Waals surface area contributed by atoms with E-state index >= 15 is 0 Å². The first kappa shape index (κ1) is 22.2. The number of hydrogen-bond acceptors (Lipinski definition) is 4. The molecule has 1 aromatic rings. The first-order chi connectivity index (χ1) is 13.3. The Morgan fingerprint density at radius 1 is 1.04 bits per heavy atom. The third kappa shape index (κ3) is 7.87. The van der Waals surface area contributed by atoms with Gasteiger partial charge in [0, 0.05) is 26.8 Å². The number of hydrogen-bond donors (Lipinski definition) is 0. The van der Waals surface area contributed by atoms with Crippen LogP contribution in [0.4, 0.5) is 4.79 Å². The molecule has 0 aromatic heterocycles. The quantitative estimate of drug-likeness (QED) is 0.604. The van der Waals surface area contributed by atoms with Gasteiger partial charge >= 0.3 is 6.09 Å². The minimum Gasteiger partial charge on any atom is -0.444 e. The molecular formula is C23H33NO4. The van der Waals surface area contributed by atoms with Crippen LogP contribution in [0.3, 0.4) is 0 Å². The van der Waals surface area contributed by atoms with Gasteiger partial charge < -0.3 is 19.1 Å². The average molecular weight is 388 g/mol. The van der Waals surface area contributed by atoms with Gasteiger partial charge in [0.05, 0.1) is 13.2 Å². The fourth-order valence-corrected chi connectivity index (χ4v) is 2.84. The van der Waals surface area contributed by atoms with Crippen LogP contribution in [0.2, 0.25) is 0 Å². The zero-order valence-electron chi connectivity index (χ0n) is 17.7. The van der Waals surface area contributed by atoms with E-state index < -0.39 is 5.60 Å². The Balaban J connectivity index is 2.23. The Labute approximate surface area is 169 Å². The van der Waals surface area contributed by atoms with E-state index in [-0.39, 0.29) is 12.1 Å². The van der Waals surface area contributed by atoms with Crippen molar-refractivity contribution < 1.29 is 19.0 Å². The fraction of sp³-hybridized carbons (Fsp3) is 0.522. The van der Waals surface area contributed by atoms with Crippen molar-refractivity contribution in [2.75, 3.05) is 27.4 Å². The highest BCUT2D eigenvalue weighted by molar-refractivity contribution is 5.69. The molecule has 0 bridgehead atoms. The Kier molecular flexibility index (Phi) is 8.27. The van der Waals surface area contributed by atoms with E-state index in [1.54, 1.807) is 14.2 Å². The smallest absolute Gasteiger partial charge is 0.410 e. The van der Waals surface area contributed by atoms with Gasteiger partial charge in [0.25, 0.3) is 0 Å². The monoisotopic (exact) mass is 387 g/mol. The lowest BCUT2D eigenvalue weighted by Gasteiger charge is -2.27. The lowest BCUT2D eigenvalue weighted by molar-refractivity contribution is 0.0216. The van der Waals surface area contributed by atoms with Crippen LogP contribution in [0.25, 0.3) is 12.2 Å². The molecule has 0 atom stereocenters. The molecule has 2 rings (SSSR count). The zero-order chi connectivity index (χ0) is 20.6. The molecule has 28 heavy (non-hydrogen) atoms. The third-order valence-corrected chi connectivity index (χ3v) is 4.15. The molecule has 0 spiro atoms. The lowest BCUT2D eigenvalue weighted by Crippen LogP contribution is -2.37. The van der Waals surface area contributed by atoms with Crippen molar-refractivity contribution in [3.63, 3.8) is 0 Å². The molecule has 0 heterocycles. The van der Waals surface area contributed by atoms with Gasteiger partial charge in [0.1, 0.15) is 5.60 Å². The van der Waals surface area contributed by atoms with Crippen molar-refractivity contribution >= 4 is 18.2 Å². The summed E-state index contributed by atoms with van der Waals surface area (Å²) in [6, 6.07) is 6.60. The van der Waals surface area contributed by atoms with E-state index in [1.807, 2.05) is 50.0 Å². The summed E-state index contributed by atoms with van der Waals surface area (Å²) >= 11 is 0. The van der Waals surface area contributed by atoms with E-state index in [1.165, 1.54) is 0 Å². The van der Waals surface area contributed by atoms with Crippen molar-refractivity contribution in [2.45, 2.75) is 51.8 Å². The SMILES string of the molecule is COCC=Cc1cc(/C=C/COC)cc(CN(C(=O)OC(C)(C)C)C2CC2)c1. The zero-order valence-corrected chi connectivity index (χ0v) is 17.7. The maximum Gasteiger partial charge on any atom is 0.410 e. The van der Waals surface area contributed by atoms with Crippen LogP contribution in [0, 0.1) is 0 Å². The Morgan fingerprint density at radius 2 is 1.57 bits per heavy atom. The molecule has 1 aromatic carbocycles. The van der Waals surface area contributed by atoms with Gasteiger partial charge in [-0.15, -0.1) is 0 Å². The highest BCUT2D eigenvalue weighted by Crippen LogP contribution is 2.30. The van der Waals surface area contributed by atoms with Crippen LogP contribution >= 0.6 is 0 Å². The molecule has 1 aliphatic carbocycles. The molecule has 0 N–H and O–H groups in total. The van der Waals surface area contributed by atoms with Gasteiger partial charge in [0.15, 0.2) is 0 Å². The van der Waals surface area contributed by atoms with Gasteiger partial charge in [-0.25, -0.2) is 4.79 Å². The summed E-state index contributed by atoms with van der Waals surface area (Å²) in [7, 11) is 3.35. The summed E-state index contributed by atoms with van der Waals surface area (Å²) in [5.41, 5.74) is 2.73. The van der Waals surface area contributed by atoms with Crippen LogP contribution in [-0.4, -0.2) is 50.1 Å². The van der Waals surface area contributed by atoms with E-state index in [0.29, 0.717) is 19.8 Å².